The maximum absolute atomic E-state index is 6.59. The van der Waals surface area contributed by atoms with Gasteiger partial charge in [0.1, 0.15) is 5.58 Å². The molecule has 1 heterocycles. The number of anilines is 3. The van der Waals surface area contributed by atoms with Crippen molar-refractivity contribution in [1.29, 1.82) is 0 Å². The number of benzene rings is 9. The first-order valence-electron chi connectivity index (χ1n) is 19.8. The molecule has 12 rings (SSSR count). The normalized spacial score (nSPS) is 14.7. The van der Waals surface area contributed by atoms with Crippen LogP contribution in [0.25, 0.3) is 76.5 Å². The molecule has 0 amide bonds. The van der Waals surface area contributed by atoms with Gasteiger partial charge < -0.3 is 9.32 Å². The van der Waals surface area contributed by atoms with Crippen LogP contribution in [0, 0.1) is 0 Å². The van der Waals surface area contributed by atoms with Crippen LogP contribution in [-0.4, -0.2) is 0 Å². The fraction of sp³-hybridized carbons (Fsp3) is 0.111. The molecule has 10 aromatic rings. The molecule has 266 valence electrons. The number of para-hydroxylation sites is 3. The van der Waals surface area contributed by atoms with Gasteiger partial charge in [-0.2, -0.15) is 0 Å². The molecule has 56 heavy (non-hydrogen) atoms. The molecule has 2 nitrogen and oxygen atoms in total. The van der Waals surface area contributed by atoms with Crippen LogP contribution in [0.1, 0.15) is 49.9 Å². The Bertz CT molecular complexity index is 3310. The molecule has 2 aliphatic rings. The molecule has 0 N–H and O–H groups in total. The van der Waals surface area contributed by atoms with E-state index in [0.717, 1.165) is 39.0 Å². The fourth-order valence-corrected chi connectivity index (χ4v) is 10.7. The summed E-state index contributed by atoms with van der Waals surface area (Å²) in [6.07, 6.45) is 0. The number of furan rings is 1. The third-order valence-electron chi connectivity index (χ3n) is 13.1. The Hall–Kier alpha value is -6.64. The lowest BCUT2D eigenvalue weighted by Crippen LogP contribution is -2.17. The van der Waals surface area contributed by atoms with E-state index in [1.807, 2.05) is 6.07 Å². The molecule has 0 spiro atoms. The minimum atomic E-state index is -0.195. The van der Waals surface area contributed by atoms with Gasteiger partial charge in [-0.15, -0.1) is 0 Å². The van der Waals surface area contributed by atoms with E-state index in [9.17, 15) is 0 Å². The van der Waals surface area contributed by atoms with Crippen LogP contribution in [-0.2, 0) is 10.8 Å². The maximum atomic E-state index is 6.59. The number of rotatable bonds is 3. The third-order valence-corrected chi connectivity index (χ3v) is 13.1. The Labute approximate surface area is 326 Å². The van der Waals surface area contributed by atoms with Gasteiger partial charge in [0.15, 0.2) is 5.58 Å². The zero-order valence-electron chi connectivity index (χ0n) is 31.9. The van der Waals surface area contributed by atoms with Crippen molar-refractivity contribution in [2.75, 3.05) is 4.90 Å². The highest BCUT2D eigenvalue weighted by molar-refractivity contribution is 6.19. The predicted molar refractivity (Wildman–Crippen MR) is 236 cm³/mol. The van der Waals surface area contributed by atoms with Gasteiger partial charge in [-0.05, 0) is 125 Å². The minimum Gasteiger partial charge on any atom is -0.454 e. The van der Waals surface area contributed by atoms with E-state index >= 15 is 0 Å². The molecule has 0 saturated carbocycles. The highest BCUT2D eigenvalue weighted by Crippen LogP contribution is 2.60. The van der Waals surface area contributed by atoms with Gasteiger partial charge in [-0.25, -0.2) is 0 Å². The molecule has 0 aliphatic heterocycles. The summed E-state index contributed by atoms with van der Waals surface area (Å²) in [5.41, 5.74) is 15.9. The maximum Gasteiger partial charge on any atom is 0.159 e. The molecule has 0 atom stereocenters. The second-order valence-corrected chi connectivity index (χ2v) is 16.9. The van der Waals surface area contributed by atoms with Crippen molar-refractivity contribution in [3.8, 4) is 22.3 Å². The van der Waals surface area contributed by atoms with Gasteiger partial charge in [0.05, 0.1) is 5.69 Å². The second-order valence-electron chi connectivity index (χ2n) is 16.9. The molecule has 9 aromatic carbocycles. The summed E-state index contributed by atoms with van der Waals surface area (Å²) in [4.78, 5) is 2.34. The van der Waals surface area contributed by atoms with Crippen LogP contribution in [0.4, 0.5) is 17.1 Å². The van der Waals surface area contributed by atoms with E-state index < -0.39 is 0 Å². The quantitative estimate of drug-likeness (QED) is 0.169. The van der Waals surface area contributed by atoms with Crippen LogP contribution in [0.5, 0.6) is 0 Å². The molecule has 2 aliphatic carbocycles. The molecule has 0 bridgehead atoms. The van der Waals surface area contributed by atoms with Crippen LogP contribution in [0.3, 0.4) is 0 Å². The lowest BCUT2D eigenvalue weighted by atomic mass is 9.78. The summed E-state index contributed by atoms with van der Waals surface area (Å²) in [5.74, 6) is 0. The van der Waals surface area contributed by atoms with Crippen molar-refractivity contribution in [2.24, 2.45) is 0 Å². The topological polar surface area (TPSA) is 16.4 Å². The van der Waals surface area contributed by atoms with Crippen molar-refractivity contribution in [1.82, 2.24) is 0 Å². The molecule has 0 saturated heterocycles. The second kappa shape index (κ2) is 11.0. The molecule has 1 aromatic heterocycles. The monoisotopic (exact) mass is 717 g/mol. The van der Waals surface area contributed by atoms with Crippen LogP contribution in [0.15, 0.2) is 168 Å². The van der Waals surface area contributed by atoms with Gasteiger partial charge in [0, 0.05) is 33.0 Å². The zero-order chi connectivity index (χ0) is 37.5. The van der Waals surface area contributed by atoms with Gasteiger partial charge in [-0.1, -0.05) is 143 Å². The SMILES string of the molecule is CC1(C)c2cc3c(cc2-c2ccc4cc(N(c5ccccc5)c5cccc6c5oc5ccccc56)ccc4c21)C(C)(C)c1c-3c2ccccc2c2ccccc12. The minimum absolute atomic E-state index is 0.147. The lowest BCUT2D eigenvalue weighted by Gasteiger charge is -2.27. The van der Waals surface area contributed by atoms with Gasteiger partial charge >= 0.3 is 0 Å². The Morgan fingerprint density at radius 1 is 0.411 bits per heavy atom. The molecule has 0 fully saturated rings. The molecular formula is C54H39NO. The average molecular weight is 718 g/mol. The van der Waals surface area contributed by atoms with Crippen LogP contribution < -0.4 is 4.90 Å². The molecule has 0 radical (unpaired) electrons. The largest absolute Gasteiger partial charge is 0.454 e. The summed E-state index contributed by atoms with van der Waals surface area (Å²) in [6.45, 7) is 9.71. The smallest absolute Gasteiger partial charge is 0.159 e. The third kappa shape index (κ3) is 4.06. The highest BCUT2D eigenvalue weighted by Gasteiger charge is 2.43. The summed E-state index contributed by atoms with van der Waals surface area (Å²) in [5, 5.41) is 10.2. The summed E-state index contributed by atoms with van der Waals surface area (Å²) < 4.78 is 6.59. The van der Waals surface area contributed by atoms with Crippen LogP contribution >= 0.6 is 0 Å². The first-order valence-corrected chi connectivity index (χ1v) is 19.8. The van der Waals surface area contributed by atoms with Crippen LogP contribution in [0.2, 0.25) is 0 Å². The van der Waals surface area contributed by atoms with Gasteiger partial charge in [0.2, 0.25) is 0 Å². The van der Waals surface area contributed by atoms with E-state index in [0.29, 0.717) is 0 Å². The van der Waals surface area contributed by atoms with Crippen molar-refractivity contribution in [2.45, 2.75) is 38.5 Å². The Kier molecular flexibility index (Phi) is 6.22. The molecule has 2 heteroatoms. The van der Waals surface area contributed by atoms with E-state index in [4.69, 9.17) is 4.42 Å². The zero-order valence-corrected chi connectivity index (χ0v) is 31.9. The number of fused-ring (bicyclic) bond motifs is 16. The molecular weight excluding hydrogens is 679 g/mol. The standard InChI is InChI=1S/C54H39NO/c1-53(2)45-31-44-46(54(3,4)51-40-21-11-9-18-37(40)36-17-8-10-20-39(36)49(44)51)30-43(45)41-27-25-32-29-34(26-28-35(32)50(41)53)55(33-15-6-5-7-16-33)47-23-14-22-42-38-19-12-13-24-48(38)56-52(42)47/h5-31H,1-4H3. The number of nitrogens with zero attached hydrogens (tertiary/aromatic N) is 1. The van der Waals surface area contributed by atoms with E-state index in [-0.39, 0.29) is 10.8 Å². The van der Waals surface area contributed by atoms with Gasteiger partial charge in [-0.3, -0.25) is 0 Å². The summed E-state index contributed by atoms with van der Waals surface area (Å²) in [6, 6.07) is 60.3. The van der Waals surface area contributed by atoms with Crippen molar-refractivity contribution < 1.29 is 4.42 Å². The average Bonchev–Trinajstić information content (AvgIpc) is 3.81. The Morgan fingerprint density at radius 3 is 1.84 bits per heavy atom. The Balaban J connectivity index is 1.05. The Morgan fingerprint density at radius 2 is 1.04 bits per heavy atom. The lowest BCUT2D eigenvalue weighted by molar-refractivity contribution is 0.657. The summed E-state index contributed by atoms with van der Waals surface area (Å²) in [7, 11) is 0. The fourth-order valence-electron chi connectivity index (χ4n) is 10.7. The van der Waals surface area contributed by atoms with Crippen molar-refractivity contribution in [3.63, 3.8) is 0 Å². The number of hydrogen-bond donors (Lipinski definition) is 0. The first-order chi connectivity index (χ1) is 27.3. The first kappa shape index (κ1) is 31.7. The van der Waals surface area contributed by atoms with Gasteiger partial charge in [0.25, 0.3) is 0 Å². The number of hydrogen-bond acceptors (Lipinski definition) is 2. The predicted octanol–water partition coefficient (Wildman–Crippen LogP) is 15.1. The highest BCUT2D eigenvalue weighted by atomic mass is 16.3. The van der Waals surface area contributed by atoms with Crippen molar-refractivity contribution in [3.05, 3.63) is 186 Å². The summed E-state index contributed by atoms with van der Waals surface area (Å²) >= 11 is 0. The molecule has 0 unspecified atom stereocenters. The van der Waals surface area contributed by atoms with Crippen molar-refractivity contribution >= 4 is 71.3 Å². The van der Waals surface area contributed by atoms with E-state index in [1.165, 1.54) is 76.8 Å². The van der Waals surface area contributed by atoms with E-state index in [2.05, 4.69) is 190 Å². The van der Waals surface area contributed by atoms with E-state index in [1.54, 1.807) is 0 Å².